The quantitative estimate of drug-likeness (QED) is 0.812. The van der Waals surface area contributed by atoms with Gasteiger partial charge in [-0.15, -0.1) is 0 Å². The van der Waals surface area contributed by atoms with E-state index in [2.05, 4.69) is 32.8 Å². The first-order chi connectivity index (χ1) is 9.64. The number of nitrogens with zero attached hydrogens (tertiary/aromatic N) is 2. The zero-order chi connectivity index (χ0) is 15.6. The van der Waals surface area contributed by atoms with Gasteiger partial charge in [0, 0.05) is 17.9 Å². The molecule has 3 rings (SSSR count). The minimum Gasteiger partial charge on any atom is -0.399 e. The van der Waals surface area contributed by atoms with Gasteiger partial charge >= 0.3 is 7.12 Å². The smallest absolute Gasteiger partial charge is 0.399 e. The zero-order valence-electron chi connectivity index (χ0n) is 13.5. The van der Waals surface area contributed by atoms with Crippen molar-refractivity contribution in [2.24, 2.45) is 7.05 Å². The molecule has 1 aromatic carbocycles. The van der Waals surface area contributed by atoms with Gasteiger partial charge in [-0.3, -0.25) is 4.68 Å². The molecule has 2 heterocycles. The predicted molar refractivity (Wildman–Crippen MR) is 85.6 cm³/mol. The number of benzene rings is 1. The van der Waals surface area contributed by atoms with Gasteiger partial charge in [0.05, 0.1) is 16.7 Å². The lowest BCUT2D eigenvalue weighted by Crippen LogP contribution is -2.41. The molecule has 0 unspecified atom stereocenters. The summed E-state index contributed by atoms with van der Waals surface area (Å²) in [5.41, 5.74) is 8.37. The van der Waals surface area contributed by atoms with Crippen LogP contribution >= 0.6 is 0 Å². The Morgan fingerprint density at radius 2 is 1.71 bits per heavy atom. The Hall–Kier alpha value is -1.53. The summed E-state index contributed by atoms with van der Waals surface area (Å²) in [6.45, 7) is 10.2. The van der Waals surface area contributed by atoms with E-state index in [0.717, 1.165) is 21.9 Å². The molecule has 112 valence electrons. The molecular formula is C15H22BN3O2. The van der Waals surface area contributed by atoms with E-state index in [0.29, 0.717) is 5.82 Å². The van der Waals surface area contributed by atoms with Crippen molar-refractivity contribution in [1.82, 2.24) is 9.78 Å². The number of hydrogen-bond acceptors (Lipinski definition) is 4. The average molecular weight is 287 g/mol. The Balaban J connectivity index is 2.17. The molecule has 0 saturated carbocycles. The summed E-state index contributed by atoms with van der Waals surface area (Å²) in [5, 5.41) is 5.32. The maximum atomic E-state index is 6.16. The van der Waals surface area contributed by atoms with Crippen LogP contribution in [0.3, 0.4) is 0 Å². The molecule has 1 aliphatic rings. The zero-order valence-corrected chi connectivity index (χ0v) is 13.5. The first-order valence-electron chi connectivity index (χ1n) is 7.21. The van der Waals surface area contributed by atoms with Gasteiger partial charge in [0.1, 0.15) is 0 Å². The highest BCUT2D eigenvalue weighted by Crippen LogP contribution is 2.37. The largest absolute Gasteiger partial charge is 0.497 e. The number of fused-ring (bicyclic) bond motifs is 1. The summed E-state index contributed by atoms with van der Waals surface area (Å²) in [5.74, 6) is 0.545. The van der Waals surface area contributed by atoms with Crippen LogP contribution in [0.5, 0.6) is 0 Å². The Kier molecular flexibility index (Phi) is 2.91. The van der Waals surface area contributed by atoms with Crippen LogP contribution in [-0.4, -0.2) is 28.1 Å². The first kappa shape index (κ1) is 14.4. The Bertz CT molecular complexity index is 705. The molecule has 1 fully saturated rings. The monoisotopic (exact) mass is 287 g/mol. The van der Waals surface area contributed by atoms with Crippen molar-refractivity contribution in [3.05, 3.63) is 17.7 Å². The summed E-state index contributed by atoms with van der Waals surface area (Å²) in [7, 11) is 1.49. The van der Waals surface area contributed by atoms with Gasteiger partial charge < -0.3 is 15.0 Å². The summed E-state index contributed by atoms with van der Waals surface area (Å²) in [6.07, 6.45) is 0. The van der Waals surface area contributed by atoms with Crippen LogP contribution < -0.4 is 11.2 Å². The molecule has 2 aromatic rings. The minimum absolute atomic E-state index is 0.362. The van der Waals surface area contributed by atoms with Gasteiger partial charge in [-0.25, -0.2) is 0 Å². The lowest BCUT2D eigenvalue weighted by Gasteiger charge is -2.32. The second-order valence-corrected chi connectivity index (χ2v) is 6.79. The van der Waals surface area contributed by atoms with Crippen LogP contribution in [0.4, 0.5) is 5.82 Å². The molecule has 5 nitrogen and oxygen atoms in total. The molecule has 0 spiro atoms. The lowest BCUT2D eigenvalue weighted by atomic mass is 9.77. The maximum absolute atomic E-state index is 6.16. The van der Waals surface area contributed by atoms with E-state index in [1.54, 1.807) is 4.68 Å². The maximum Gasteiger partial charge on any atom is 0.497 e. The van der Waals surface area contributed by atoms with Gasteiger partial charge in [0.15, 0.2) is 5.82 Å². The van der Waals surface area contributed by atoms with Crippen LogP contribution in [0.15, 0.2) is 12.1 Å². The van der Waals surface area contributed by atoms with Crippen molar-refractivity contribution in [1.29, 1.82) is 0 Å². The third-order valence-electron chi connectivity index (χ3n) is 4.76. The third kappa shape index (κ3) is 1.97. The standard InChI is InChI=1S/C15H22BN3O2/c1-9-7-8-10(12-11(9)13(17)18-19(12)6)16-20-14(2,3)15(4,5)21-16/h7-8H,1-6H3,(H2,17,18). The number of anilines is 1. The molecule has 1 aliphatic heterocycles. The van der Waals surface area contributed by atoms with Gasteiger partial charge in [0.25, 0.3) is 0 Å². The molecule has 1 aromatic heterocycles. The van der Waals surface area contributed by atoms with Crippen LogP contribution in [0.2, 0.25) is 0 Å². The second kappa shape index (κ2) is 4.24. The molecule has 21 heavy (non-hydrogen) atoms. The average Bonchev–Trinajstić information content (AvgIpc) is 2.75. The van der Waals surface area contributed by atoms with Crippen molar-refractivity contribution in [2.45, 2.75) is 45.8 Å². The number of nitrogens with two attached hydrogens (primary N) is 1. The van der Waals surface area contributed by atoms with Crippen molar-refractivity contribution < 1.29 is 9.31 Å². The molecule has 6 heteroatoms. The molecule has 0 radical (unpaired) electrons. The normalized spacial score (nSPS) is 20.4. The highest BCUT2D eigenvalue weighted by atomic mass is 16.7. The number of nitrogen functional groups attached to an aromatic ring is 1. The van der Waals surface area contributed by atoms with E-state index in [-0.39, 0.29) is 11.2 Å². The van der Waals surface area contributed by atoms with Crippen molar-refractivity contribution in [3.8, 4) is 0 Å². The van der Waals surface area contributed by atoms with E-state index in [9.17, 15) is 0 Å². The van der Waals surface area contributed by atoms with Crippen molar-refractivity contribution >= 4 is 29.3 Å². The van der Waals surface area contributed by atoms with Crippen molar-refractivity contribution in [2.75, 3.05) is 5.73 Å². The predicted octanol–water partition coefficient (Wildman–Crippen LogP) is 1.76. The fraction of sp³-hybridized carbons (Fsp3) is 0.533. The number of aryl methyl sites for hydroxylation is 2. The highest BCUT2D eigenvalue weighted by molar-refractivity contribution is 6.65. The minimum atomic E-state index is -0.409. The molecule has 2 N–H and O–H groups in total. The third-order valence-corrected chi connectivity index (χ3v) is 4.76. The molecule has 0 bridgehead atoms. The Morgan fingerprint density at radius 3 is 2.29 bits per heavy atom. The first-order valence-corrected chi connectivity index (χ1v) is 7.21. The molecule has 0 atom stereocenters. The fourth-order valence-corrected chi connectivity index (χ4v) is 2.80. The van der Waals surface area contributed by atoms with E-state index >= 15 is 0 Å². The number of aromatic nitrogens is 2. The van der Waals surface area contributed by atoms with E-state index in [4.69, 9.17) is 15.0 Å². The Labute approximate surface area is 125 Å². The van der Waals surface area contributed by atoms with Crippen molar-refractivity contribution in [3.63, 3.8) is 0 Å². The van der Waals surface area contributed by atoms with Crippen LogP contribution in [-0.2, 0) is 16.4 Å². The van der Waals surface area contributed by atoms with Crippen LogP contribution in [0.25, 0.3) is 10.9 Å². The molecule has 0 amide bonds. The fourth-order valence-electron chi connectivity index (χ4n) is 2.80. The van der Waals surface area contributed by atoms with E-state index in [1.807, 2.05) is 26.1 Å². The lowest BCUT2D eigenvalue weighted by molar-refractivity contribution is 0.00578. The number of rotatable bonds is 1. The van der Waals surface area contributed by atoms with E-state index in [1.165, 1.54) is 0 Å². The van der Waals surface area contributed by atoms with Crippen LogP contribution in [0, 0.1) is 6.92 Å². The second-order valence-electron chi connectivity index (χ2n) is 6.79. The number of hydrogen-bond donors (Lipinski definition) is 1. The SMILES string of the molecule is Cc1ccc(B2OC(C)(C)C(C)(C)O2)c2c1c(N)nn2C. The highest BCUT2D eigenvalue weighted by Gasteiger charge is 2.52. The van der Waals surface area contributed by atoms with Gasteiger partial charge in [0.2, 0.25) is 0 Å². The molecule has 0 aliphatic carbocycles. The topological polar surface area (TPSA) is 62.3 Å². The Morgan fingerprint density at radius 1 is 1.14 bits per heavy atom. The summed E-state index contributed by atoms with van der Waals surface area (Å²) >= 11 is 0. The van der Waals surface area contributed by atoms with Gasteiger partial charge in [-0.05, 0) is 40.2 Å². The van der Waals surface area contributed by atoms with Gasteiger partial charge in [-0.2, -0.15) is 5.10 Å². The summed E-state index contributed by atoms with van der Waals surface area (Å²) in [4.78, 5) is 0. The summed E-state index contributed by atoms with van der Waals surface area (Å²) < 4.78 is 14.1. The van der Waals surface area contributed by atoms with E-state index < -0.39 is 7.12 Å². The molecule has 1 saturated heterocycles. The molecular weight excluding hydrogens is 265 g/mol. The summed E-state index contributed by atoms with van der Waals surface area (Å²) in [6, 6.07) is 4.08. The van der Waals surface area contributed by atoms with Crippen LogP contribution in [0.1, 0.15) is 33.3 Å². The van der Waals surface area contributed by atoms with Gasteiger partial charge in [-0.1, -0.05) is 12.1 Å².